The Morgan fingerprint density at radius 3 is 2.60 bits per heavy atom. The first-order valence-electron chi connectivity index (χ1n) is 2.75. The van der Waals surface area contributed by atoms with Gasteiger partial charge in [0.05, 0.1) is 0 Å². The lowest BCUT2D eigenvalue weighted by molar-refractivity contribution is 0.0649. The van der Waals surface area contributed by atoms with Crippen LogP contribution in [-0.2, 0) is 11.5 Å². The van der Waals surface area contributed by atoms with Crippen molar-refractivity contribution in [1.29, 1.82) is 0 Å². The summed E-state index contributed by atoms with van der Waals surface area (Å²) in [6.07, 6.45) is 2.19. The van der Waals surface area contributed by atoms with E-state index in [1.165, 1.54) is 0 Å². The van der Waals surface area contributed by atoms with E-state index in [0.717, 1.165) is 0 Å². The van der Waals surface area contributed by atoms with E-state index in [1.54, 1.807) is 29.1 Å². The van der Waals surface area contributed by atoms with Crippen molar-refractivity contribution in [2.24, 2.45) is 0 Å². The lowest BCUT2D eigenvalue weighted by atomic mass is 10.7. The molecule has 1 rings (SSSR count). The first-order valence-corrected chi connectivity index (χ1v) is 2.75. The average Bonchev–Trinajstić information content (AvgIpc) is 2.34. The molecule has 0 spiro atoms. The van der Waals surface area contributed by atoms with Crippen molar-refractivity contribution in [3.05, 3.63) is 24.5 Å². The summed E-state index contributed by atoms with van der Waals surface area (Å²) >= 11 is 0. The van der Waals surface area contributed by atoms with Crippen LogP contribution < -0.4 is 0 Å². The van der Waals surface area contributed by atoms with Gasteiger partial charge in [0.25, 0.3) is 0 Å². The molecule has 1 heterocycles. The van der Waals surface area contributed by atoms with E-state index < -0.39 is 6.16 Å². The van der Waals surface area contributed by atoms with Gasteiger partial charge in [0.15, 0.2) is 6.73 Å². The Bertz CT molecular complexity index is 205. The molecular formula is C6H7NO3. The molecule has 10 heavy (non-hydrogen) atoms. The van der Waals surface area contributed by atoms with Gasteiger partial charge in [-0.15, -0.1) is 0 Å². The minimum atomic E-state index is -1.26. The Hall–Kier alpha value is -1.45. The Morgan fingerprint density at radius 2 is 2.10 bits per heavy atom. The first-order chi connectivity index (χ1) is 4.79. The van der Waals surface area contributed by atoms with Crippen molar-refractivity contribution >= 4 is 6.16 Å². The van der Waals surface area contributed by atoms with Gasteiger partial charge in [0.2, 0.25) is 0 Å². The van der Waals surface area contributed by atoms with Crippen LogP contribution in [0.1, 0.15) is 0 Å². The smallest absolute Gasteiger partial charge is 0.450 e. The Balaban J connectivity index is 2.35. The summed E-state index contributed by atoms with van der Waals surface area (Å²) in [5, 5.41) is 8.08. The highest BCUT2D eigenvalue weighted by Gasteiger charge is 1.93. The van der Waals surface area contributed by atoms with Crippen molar-refractivity contribution in [3.8, 4) is 0 Å². The molecule has 4 nitrogen and oxygen atoms in total. The maximum Gasteiger partial charge on any atom is 0.507 e. The molecule has 4 heteroatoms. The van der Waals surface area contributed by atoms with Crippen molar-refractivity contribution in [2.45, 2.75) is 6.73 Å². The summed E-state index contributed by atoms with van der Waals surface area (Å²) in [6, 6.07) is 3.59. The molecule has 0 aliphatic heterocycles. The van der Waals surface area contributed by atoms with Gasteiger partial charge in [-0.3, -0.25) is 0 Å². The van der Waals surface area contributed by atoms with E-state index in [4.69, 9.17) is 5.11 Å². The van der Waals surface area contributed by atoms with E-state index in [1.807, 2.05) is 0 Å². The van der Waals surface area contributed by atoms with Crippen LogP contribution in [0.2, 0.25) is 0 Å². The van der Waals surface area contributed by atoms with Gasteiger partial charge in [0.1, 0.15) is 0 Å². The molecule has 54 valence electrons. The molecule has 0 aliphatic rings. The monoisotopic (exact) mass is 141 g/mol. The third-order valence-corrected chi connectivity index (χ3v) is 1.00. The van der Waals surface area contributed by atoms with Crippen LogP contribution in [0, 0.1) is 0 Å². The Labute approximate surface area is 57.6 Å². The minimum absolute atomic E-state index is 0.0579. The summed E-state index contributed by atoms with van der Waals surface area (Å²) in [5.74, 6) is 0. The van der Waals surface area contributed by atoms with Gasteiger partial charge < -0.3 is 14.4 Å². The zero-order valence-electron chi connectivity index (χ0n) is 5.23. The topological polar surface area (TPSA) is 51.5 Å². The quantitative estimate of drug-likeness (QED) is 0.628. The van der Waals surface area contributed by atoms with E-state index in [2.05, 4.69) is 4.74 Å². The fourth-order valence-corrected chi connectivity index (χ4v) is 0.586. The fraction of sp³-hybridized carbons (Fsp3) is 0.167. The predicted molar refractivity (Wildman–Crippen MR) is 33.5 cm³/mol. The average molecular weight is 141 g/mol. The number of carbonyl (C=O) groups is 1. The molecule has 1 aromatic heterocycles. The van der Waals surface area contributed by atoms with Crippen molar-refractivity contribution in [3.63, 3.8) is 0 Å². The maximum atomic E-state index is 9.86. The van der Waals surface area contributed by atoms with Crippen LogP contribution in [0.3, 0.4) is 0 Å². The Morgan fingerprint density at radius 1 is 1.50 bits per heavy atom. The molecular weight excluding hydrogens is 134 g/mol. The number of hydrogen-bond acceptors (Lipinski definition) is 2. The summed E-state index contributed by atoms with van der Waals surface area (Å²) in [4.78, 5) is 9.86. The van der Waals surface area contributed by atoms with Crippen LogP contribution in [-0.4, -0.2) is 15.8 Å². The van der Waals surface area contributed by atoms with Crippen molar-refractivity contribution in [1.82, 2.24) is 4.57 Å². The molecule has 0 bridgehead atoms. The van der Waals surface area contributed by atoms with Gasteiger partial charge in [-0.25, -0.2) is 4.79 Å². The number of carboxylic acid groups (broad SMARTS) is 1. The molecule has 0 saturated carbocycles. The van der Waals surface area contributed by atoms with Crippen LogP contribution in [0.15, 0.2) is 24.5 Å². The number of aromatic nitrogens is 1. The van der Waals surface area contributed by atoms with Crippen LogP contribution in [0.4, 0.5) is 4.79 Å². The molecule has 1 N–H and O–H groups in total. The van der Waals surface area contributed by atoms with E-state index in [0.29, 0.717) is 0 Å². The highest BCUT2D eigenvalue weighted by Crippen LogP contribution is 1.90. The standard InChI is InChI=1S/C6H7NO3/c8-6(9)10-5-7-3-1-2-4-7/h1-4H,5H2,(H,8,9). The lowest BCUT2D eigenvalue weighted by Crippen LogP contribution is -2.04. The van der Waals surface area contributed by atoms with Crippen molar-refractivity contribution in [2.75, 3.05) is 0 Å². The minimum Gasteiger partial charge on any atom is -0.450 e. The fourth-order valence-electron chi connectivity index (χ4n) is 0.586. The summed E-state index contributed by atoms with van der Waals surface area (Å²) in [6.45, 7) is 0.0579. The Kier molecular flexibility index (Phi) is 1.94. The number of rotatable bonds is 2. The second kappa shape index (κ2) is 2.91. The summed E-state index contributed by atoms with van der Waals surface area (Å²) < 4.78 is 5.88. The zero-order chi connectivity index (χ0) is 7.40. The highest BCUT2D eigenvalue weighted by molar-refractivity contribution is 5.56. The molecule has 0 aromatic carbocycles. The molecule has 0 fully saturated rings. The van der Waals surface area contributed by atoms with E-state index in [9.17, 15) is 4.79 Å². The number of nitrogens with zero attached hydrogens (tertiary/aromatic N) is 1. The van der Waals surface area contributed by atoms with E-state index in [-0.39, 0.29) is 6.73 Å². The summed E-state index contributed by atoms with van der Waals surface area (Å²) in [7, 11) is 0. The first kappa shape index (κ1) is 6.67. The lowest BCUT2D eigenvalue weighted by Gasteiger charge is -1.99. The maximum absolute atomic E-state index is 9.86. The number of ether oxygens (including phenoxy) is 1. The zero-order valence-corrected chi connectivity index (χ0v) is 5.23. The van der Waals surface area contributed by atoms with Gasteiger partial charge in [-0.1, -0.05) is 0 Å². The highest BCUT2D eigenvalue weighted by atomic mass is 16.7. The van der Waals surface area contributed by atoms with Crippen LogP contribution >= 0.6 is 0 Å². The van der Waals surface area contributed by atoms with Gasteiger partial charge >= 0.3 is 6.16 Å². The third kappa shape index (κ3) is 1.81. The molecule has 0 atom stereocenters. The molecule has 0 radical (unpaired) electrons. The molecule has 0 unspecified atom stereocenters. The SMILES string of the molecule is O=C(O)OCn1cccc1. The van der Waals surface area contributed by atoms with Gasteiger partial charge in [-0.05, 0) is 12.1 Å². The van der Waals surface area contributed by atoms with Gasteiger partial charge in [-0.2, -0.15) is 0 Å². The molecule has 1 aromatic rings. The van der Waals surface area contributed by atoms with Crippen LogP contribution in [0.5, 0.6) is 0 Å². The largest absolute Gasteiger partial charge is 0.507 e. The van der Waals surface area contributed by atoms with Crippen molar-refractivity contribution < 1.29 is 14.6 Å². The molecule has 0 aliphatic carbocycles. The normalized spacial score (nSPS) is 9.20. The van der Waals surface area contributed by atoms with Crippen LogP contribution in [0.25, 0.3) is 0 Å². The third-order valence-electron chi connectivity index (χ3n) is 1.00. The number of hydrogen-bond donors (Lipinski definition) is 1. The molecule has 0 saturated heterocycles. The van der Waals surface area contributed by atoms with Gasteiger partial charge in [0, 0.05) is 12.4 Å². The second-order valence-corrected chi connectivity index (χ2v) is 1.74. The summed E-state index contributed by atoms with van der Waals surface area (Å²) in [5.41, 5.74) is 0. The van der Waals surface area contributed by atoms with E-state index >= 15 is 0 Å². The molecule has 0 amide bonds. The second-order valence-electron chi connectivity index (χ2n) is 1.74. The predicted octanol–water partition coefficient (Wildman–Crippen LogP) is 1.14.